The molecule has 1 N–H and O–H groups in total. The zero-order valence-electron chi connectivity index (χ0n) is 8.14. The number of hydrogen-bond donors (Lipinski definition) is 1. The molecule has 88 valence electrons. The number of thioether (sulfide) groups is 1. The number of amidine groups is 1. The first-order chi connectivity index (χ1) is 6.92. The van der Waals surface area contributed by atoms with Crippen molar-refractivity contribution in [1.82, 2.24) is 5.32 Å². The van der Waals surface area contributed by atoms with Gasteiger partial charge in [0.15, 0.2) is 5.17 Å². The molecule has 0 saturated heterocycles. The van der Waals surface area contributed by atoms with Crippen LogP contribution in [-0.2, 0) is 0 Å². The smallest absolute Gasteiger partial charge is 0.324 e. The largest absolute Gasteiger partial charge is 0.359 e. The van der Waals surface area contributed by atoms with Crippen molar-refractivity contribution in [2.75, 3.05) is 18.8 Å². The maximum absolute atomic E-state index is 12.5. The number of nitrogens with zero attached hydrogens (tertiary/aromatic N) is 1. The Kier molecular flexibility index (Phi) is 4.24. The Bertz CT molecular complexity index is 245. The van der Waals surface area contributed by atoms with Crippen LogP contribution in [0.15, 0.2) is 4.99 Å². The van der Waals surface area contributed by atoms with Gasteiger partial charge in [0, 0.05) is 12.3 Å². The summed E-state index contributed by atoms with van der Waals surface area (Å²) in [7, 11) is 0. The monoisotopic (exact) mass is 244 g/mol. The van der Waals surface area contributed by atoms with E-state index in [4.69, 9.17) is 0 Å². The van der Waals surface area contributed by atoms with E-state index in [1.54, 1.807) is 0 Å². The fraction of sp³-hybridized carbons (Fsp3) is 0.875. The highest BCUT2D eigenvalue weighted by atomic mass is 32.2. The highest BCUT2D eigenvalue weighted by Gasteiger charge is 2.40. The van der Waals surface area contributed by atoms with Gasteiger partial charge in [-0.1, -0.05) is 18.7 Å². The summed E-state index contributed by atoms with van der Waals surface area (Å²) in [5.74, 6) is -2.82. The molecule has 0 radical (unpaired) electrons. The number of aliphatic imine (C=N–C) groups is 1. The van der Waals surface area contributed by atoms with Crippen LogP contribution in [0.4, 0.5) is 17.6 Å². The first-order valence-corrected chi connectivity index (χ1v) is 5.47. The van der Waals surface area contributed by atoms with Crippen molar-refractivity contribution in [2.45, 2.75) is 19.3 Å². The van der Waals surface area contributed by atoms with Crippen LogP contribution in [-0.4, -0.2) is 36.4 Å². The van der Waals surface area contributed by atoms with Gasteiger partial charge in [0.2, 0.25) is 0 Å². The highest BCUT2D eigenvalue weighted by molar-refractivity contribution is 8.13. The fourth-order valence-electron chi connectivity index (χ4n) is 0.936. The summed E-state index contributed by atoms with van der Waals surface area (Å²) in [5, 5.41) is 2.57. The maximum atomic E-state index is 12.5. The van der Waals surface area contributed by atoms with Crippen molar-refractivity contribution < 1.29 is 17.6 Å². The molecule has 0 bridgehead atoms. The number of rotatable bonds is 3. The minimum Gasteiger partial charge on any atom is -0.359 e. The van der Waals surface area contributed by atoms with Gasteiger partial charge >= 0.3 is 12.3 Å². The van der Waals surface area contributed by atoms with E-state index in [0.29, 0.717) is 17.6 Å². The summed E-state index contributed by atoms with van der Waals surface area (Å²) in [5.41, 5.74) is 0. The zero-order chi connectivity index (χ0) is 11.5. The van der Waals surface area contributed by atoms with Crippen LogP contribution in [0.1, 0.15) is 6.92 Å². The Hall–Kier alpha value is -0.460. The zero-order valence-corrected chi connectivity index (χ0v) is 8.96. The van der Waals surface area contributed by atoms with Crippen molar-refractivity contribution in [3.05, 3.63) is 0 Å². The van der Waals surface area contributed by atoms with Crippen molar-refractivity contribution in [1.29, 1.82) is 0 Å². The molecule has 0 aromatic heterocycles. The van der Waals surface area contributed by atoms with Gasteiger partial charge in [0.25, 0.3) is 0 Å². The quantitative estimate of drug-likeness (QED) is 0.770. The molecule has 0 amide bonds. The van der Waals surface area contributed by atoms with Gasteiger partial charge < -0.3 is 5.32 Å². The van der Waals surface area contributed by atoms with E-state index in [2.05, 4.69) is 10.3 Å². The SMILES string of the molecule is CC1CN=C(NCC(F)(F)C(F)F)SC1. The summed E-state index contributed by atoms with van der Waals surface area (Å²) >= 11 is 1.28. The van der Waals surface area contributed by atoms with E-state index < -0.39 is 18.9 Å². The number of alkyl halides is 4. The van der Waals surface area contributed by atoms with Gasteiger partial charge in [-0.25, -0.2) is 8.78 Å². The Balaban J connectivity index is 2.37. The Morgan fingerprint density at radius 3 is 2.73 bits per heavy atom. The molecule has 15 heavy (non-hydrogen) atoms. The van der Waals surface area contributed by atoms with E-state index >= 15 is 0 Å². The average Bonchev–Trinajstić information content (AvgIpc) is 2.17. The van der Waals surface area contributed by atoms with E-state index in [0.717, 1.165) is 5.75 Å². The van der Waals surface area contributed by atoms with Crippen LogP contribution in [0.2, 0.25) is 0 Å². The second-order valence-corrected chi connectivity index (χ2v) is 4.49. The Morgan fingerprint density at radius 1 is 1.60 bits per heavy atom. The van der Waals surface area contributed by atoms with Crippen molar-refractivity contribution in [3.63, 3.8) is 0 Å². The molecule has 0 aliphatic carbocycles. The molecule has 1 aliphatic heterocycles. The topological polar surface area (TPSA) is 24.4 Å². The average molecular weight is 244 g/mol. The lowest BCUT2D eigenvalue weighted by molar-refractivity contribution is -0.122. The lowest BCUT2D eigenvalue weighted by Gasteiger charge is -2.20. The third-order valence-corrected chi connectivity index (χ3v) is 3.13. The summed E-state index contributed by atoms with van der Waals surface area (Å²) in [6.07, 6.45) is -3.64. The number of nitrogens with one attached hydrogen (secondary N) is 1. The first-order valence-electron chi connectivity index (χ1n) is 4.49. The van der Waals surface area contributed by atoms with E-state index in [1.165, 1.54) is 11.8 Å². The summed E-state index contributed by atoms with van der Waals surface area (Å²) < 4.78 is 48.6. The van der Waals surface area contributed by atoms with Gasteiger partial charge in [-0.3, -0.25) is 4.99 Å². The highest BCUT2D eigenvalue weighted by Crippen LogP contribution is 2.22. The van der Waals surface area contributed by atoms with E-state index in [-0.39, 0.29) is 0 Å². The summed E-state index contributed by atoms with van der Waals surface area (Å²) in [6, 6.07) is 0. The second-order valence-electron chi connectivity index (χ2n) is 3.48. The molecule has 0 aromatic carbocycles. The summed E-state index contributed by atoms with van der Waals surface area (Å²) in [6.45, 7) is 1.47. The lowest BCUT2D eigenvalue weighted by Crippen LogP contribution is -2.41. The normalized spacial score (nSPS) is 22.8. The molecule has 0 aromatic rings. The molecule has 1 atom stereocenters. The standard InChI is InChI=1S/C8H12F4N2S/c1-5-2-13-7(15-3-5)14-4-8(11,12)6(9)10/h5-6H,2-4H2,1H3,(H,13,14). The van der Waals surface area contributed by atoms with Crippen molar-refractivity contribution in [3.8, 4) is 0 Å². The van der Waals surface area contributed by atoms with Crippen molar-refractivity contribution in [2.24, 2.45) is 10.9 Å². The first kappa shape index (κ1) is 12.6. The van der Waals surface area contributed by atoms with E-state index in [9.17, 15) is 17.6 Å². The minimum atomic E-state index is -3.99. The maximum Gasteiger partial charge on any atom is 0.324 e. The second kappa shape index (κ2) is 5.05. The van der Waals surface area contributed by atoms with E-state index in [1.807, 2.05) is 6.92 Å². The molecule has 2 nitrogen and oxygen atoms in total. The Labute approximate surface area is 89.5 Å². The Morgan fingerprint density at radius 2 is 2.27 bits per heavy atom. The van der Waals surface area contributed by atoms with Crippen LogP contribution in [0.25, 0.3) is 0 Å². The molecular formula is C8H12F4N2S. The fourth-order valence-corrected chi connectivity index (χ4v) is 1.82. The van der Waals surface area contributed by atoms with Crippen molar-refractivity contribution >= 4 is 16.9 Å². The molecule has 0 saturated carbocycles. The molecule has 1 unspecified atom stereocenters. The molecule has 1 rings (SSSR count). The van der Waals surface area contributed by atoms with Crippen LogP contribution in [0.3, 0.4) is 0 Å². The molecule has 7 heteroatoms. The van der Waals surface area contributed by atoms with Gasteiger partial charge in [-0.2, -0.15) is 8.78 Å². The predicted octanol–water partition coefficient (Wildman–Crippen LogP) is 2.22. The van der Waals surface area contributed by atoms with Crippen LogP contribution < -0.4 is 5.32 Å². The molecule has 1 aliphatic rings. The third-order valence-electron chi connectivity index (χ3n) is 1.85. The molecule has 1 heterocycles. The molecule has 0 spiro atoms. The molecular weight excluding hydrogens is 232 g/mol. The van der Waals surface area contributed by atoms with Gasteiger partial charge in [-0.05, 0) is 5.92 Å². The molecule has 0 fully saturated rings. The van der Waals surface area contributed by atoms with Crippen LogP contribution in [0, 0.1) is 5.92 Å². The van der Waals surface area contributed by atoms with Gasteiger partial charge in [-0.15, -0.1) is 0 Å². The summed E-state index contributed by atoms with van der Waals surface area (Å²) in [4.78, 5) is 3.96. The van der Waals surface area contributed by atoms with Gasteiger partial charge in [0.1, 0.15) is 0 Å². The third kappa shape index (κ3) is 3.89. The van der Waals surface area contributed by atoms with Crippen LogP contribution in [0.5, 0.6) is 0 Å². The van der Waals surface area contributed by atoms with Crippen LogP contribution >= 0.6 is 11.8 Å². The van der Waals surface area contributed by atoms with Gasteiger partial charge in [0.05, 0.1) is 6.54 Å². The number of halogens is 4. The minimum absolute atomic E-state index is 0.327. The predicted molar refractivity (Wildman–Crippen MR) is 52.9 cm³/mol. The lowest BCUT2D eigenvalue weighted by atomic mass is 10.2. The number of hydrogen-bond acceptors (Lipinski definition) is 3.